The van der Waals surface area contributed by atoms with Crippen LogP contribution in [0.1, 0.15) is 26.3 Å². The van der Waals surface area contributed by atoms with Crippen LogP contribution in [0.4, 0.5) is 10.5 Å². The van der Waals surface area contributed by atoms with E-state index in [0.29, 0.717) is 24.7 Å². The highest BCUT2D eigenvalue weighted by atomic mass is 16.4. The van der Waals surface area contributed by atoms with Gasteiger partial charge in [0.25, 0.3) is 0 Å². The largest absolute Gasteiger partial charge is 0.478 e. The molecule has 0 unspecified atom stereocenters. The molecular formula is C16H22N2O3. The third-order valence-electron chi connectivity index (χ3n) is 2.83. The molecular weight excluding hydrogens is 268 g/mol. The minimum absolute atomic E-state index is 0.125. The minimum atomic E-state index is -0.986. The Kier molecular flexibility index (Phi) is 6.46. The van der Waals surface area contributed by atoms with Crippen molar-refractivity contribution in [3.63, 3.8) is 0 Å². The molecule has 0 saturated carbocycles. The SMILES string of the molecule is CCN(CC(C)C)C(=O)Nc1ccc(C=CC(=O)O)cc1. The van der Waals surface area contributed by atoms with Gasteiger partial charge in [-0.15, -0.1) is 0 Å². The number of hydrogen-bond acceptors (Lipinski definition) is 2. The van der Waals surface area contributed by atoms with Crippen LogP contribution < -0.4 is 5.32 Å². The Morgan fingerprint density at radius 1 is 1.29 bits per heavy atom. The van der Waals surface area contributed by atoms with Gasteiger partial charge in [0, 0.05) is 24.9 Å². The number of carbonyl (C=O) groups excluding carboxylic acids is 1. The number of nitrogens with one attached hydrogen (secondary N) is 1. The maximum Gasteiger partial charge on any atom is 0.328 e. The van der Waals surface area contributed by atoms with Gasteiger partial charge in [-0.05, 0) is 36.6 Å². The number of aliphatic carboxylic acids is 1. The van der Waals surface area contributed by atoms with Crippen molar-refractivity contribution in [2.45, 2.75) is 20.8 Å². The van der Waals surface area contributed by atoms with E-state index in [2.05, 4.69) is 19.2 Å². The number of anilines is 1. The quantitative estimate of drug-likeness (QED) is 0.790. The summed E-state index contributed by atoms with van der Waals surface area (Å²) < 4.78 is 0. The van der Waals surface area contributed by atoms with Crippen LogP contribution in [0.15, 0.2) is 30.3 Å². The molecule has 21 heavy (non-hydrogen) atoms. The summed E-state index contributed by atoms with van der Waals surface area (Å²) in [5.74, 6) is -0.570. The number of rotatable bonds is 6. The third-order valence-corrected chi connectivity index (χ3v) is 2.83. The molecule has 0 aliphatic heterocycles. The van der Waals surface area contributed by atoms with Gasteiger partial charge in [0.2, 0.25) is 0 Å². The van der Waals surface area contributed by atoms with Gasteiger partial charge in [-0.25, -0.2) is 9.59 Å². The molecule has 0 aliphatic rings. The van der Waals surface area contributed by atoms with E-state index in [-0.39, 0.29) is 6.03 Å². The lowest BCUT2D eigenvalue weighted by atomic mass is 10.2. The van der Waals surface area contributed by atoms with E-state index < -0.39 is 5.97 Å². The van der Waals surface area contributed by atoms with E-state index in [1.165, 1.54) is 6.08 Å². The molecule has 5 nitrogen and oxygen atoms in total. The molecule has 1 rings (SSSR count). The fourth-order valence-corrected chi connectivity index (χ4v) is 1.84. The molecule has 0 radical (unpaired) electrons. The molecule has 0 atom stereocenters. The molecule has 114 valence electrons. The van der Waals surface area contributed by atoms with Crippen molar-refractivity contribution >= 4 is 23.8 Å². The van der Waals surface area contributed by atoms with Gasteiger partial charge in [0.05, 0.1) is 0 Å². The zero-order valence-corrected chi connectivity index (χ0v) is 12.7. The van der Waals surface area contributed by atoms with Crippen molar-refractivity contribution in [1.82, 2.24) is 4.90 Å². The van der Waals surface area contributed by atoms with Crippen molar-refractivity contribution in [3.8, 4) is 0 Å². The molecule has 0 aliphatic carbocycles. The maximum absolute atomic E-state index is 12.1. The van der Waals surface area contributed by atoms with Crippen LogP contribution in [0.25, 0.3) is 6.08 Å². The molecule has 5 heteroatoms. The van der Waals surface area contributed by atoms with Crippen LogP contribution in [0, 0.1) is 5.92 Å². The number of urea groups is 1. The van der Waals surface area contributed by atoms with Gasteiger partial charge < -0.3 is 15.3 Å². The summed E-state index contributed by atoms with van der Waals surface area (Å²) >= 11 is 0. The monoisotopic (exact) mass is 290 g/mol. The van der Waals surface area contributed by atoms with Crippen LogP contribution in [0.2, 0.25) is 0 Å². The predicted octanol–water partition coefficient (Wildman–Crippen LogP) is 3.29. The van der Waals surface area contributed by atoms with Gasteiger partial charge in [0.15, 0.2) is 0 Å². The first-order valence-electron chi connectivity index (χ1n) is 6.99. The number of nitrogens with zero attached hydrogens (tertiary/aromatic N) is 1. The Balaban J connectivity index is 2.66. The minimum Gasteiger partial charge on any atom is -0.478 e. The van der Waals surface area contributed by atoms with Gasteiger partial charge in [-0.3, -0.25) is 0 Å². The van der Waals surface area contributed by atoms with E-state index in [1.807, 2.05) is 6.92 Å². The standard InChI is InChI=1S/C16H22N2O3/c1-4-18(11-12(2)3)16(21)17-14-8-5-13(6-9-14)7-10-15(19)20/h5-10,12H,4,11H2,1-3H3,(H,17,21)(H,19,20). The summed E-state index contributed by atoms with van der Waals surface area (Å²) in [4.78, 5) is 24.3. The lowest BCUT2D eigenvalue weighted by Crippen LogP contribution is -2.37. The van der Waals surface area contributed by atoms with E-state index in [1.54, 1.807) is 29.2 Å². The second-order valence-corrected chi connectivity index (χ2v) is 5.16. The number of carbonyl (C=O) groups is 2. The number of hydrogen-bond donors (Lipinski definition) is 2. The number of carboxylic acid groups (broad SMARTS) is 1. The molecule has 2 N–H and O–H groups in total. The van der Waals surface area contributed by atoms with Gasteiger partial charge >= 0.3 is 12.0 Å². The second-order valence-electron chi connectivity index (χ2n) is 5.16. The van der Waals surface area contributed by atoms with Crippen molar-refractivity contribution in [2.75, 3.05) is 18.4 Å². The first-order chi connectivity index (χ1) is 9.92. The molecule has 0 aromatic heterocycles. The summed E-state index contributed by atoms with van der Waals surface area (Å²) in [7, 11) is 0. The average molecular weight is 290 g/mol. The van der Waals surface area contributed by atoms with Crippen molar-refractivity contribution in [2.24, 2.45) is 5.92 Å². The van der Waals surface area contributed by atoms with Crippen LogP contribution >= 0.6 is 0 Å². The molecule has 0 saturated heterocycles. The van der Waals surface area contributed by atoms with Crippen LogP contribution in [-0.2, 0) is 4.79 Å². The highest BCUT2D eigenvalue weighted by Crippen LogP contribution is 2.12. The zero-order valence-electron chi connectivity index (χ0n) is 12.7. The second kappa shape index (κ2) is 8.09. The molecule has 0 bridgehead atoms. The van der Waals surface area contributed by atoms with Gasteiger partial charge in [0.1, 0.15) is 0 Å². The van der Waals surface area contributed by atoms with Gasteiger partial charge in [-0.1, -0.05) is 26.0 Å². The third kappa shape index (κ3) is 6.12. The van der Waals surface area contributed by atoms with Gasteiger partial charge in [-0.2, -0.15) is 0 Å². The Bertz CT molecular complexity index is 507. The van der Waals surface area contributed by atoms with Crippen molar-refractivity contribution in [1.29, 1.82) is 0 Å². The first-order valence-corrected chi connectivity index (χ1v) is 6.99. The average Bonchev–Trinajstić information content (AvgIpc) is 2.43. The highest BCUT2D eigenvalue weighted by molar-refractivity contribution is 5.89. The Labute approximate surface area is 125 Å². The highest BCUT2D eigenvalue weighted by Gasteiger charge is 2.12. The van der Waals surface area contributed by atoms with Crippen LogP contribution in [0.5, 0.6) is 0 Å². The lowest BCUT2D eigenvalue weighted by molar-refractivity contribution is -0.131. The van der Waals surface area contributed by atoms with Crippen LogP contribution in [-0.4, -0.2) is 35.1 Å². The Hall–Kier alpha value is -2.30. The van der Waals surface area contributed by atoms with Crippen LogP contribution in [0.3, 0.4) is 0 Å². The fourth-order valence-electron chi connectivity index (χ4n) is 1.84. The Morgan fingerprint density at radius 3 is 2.38 bits per heavy atom. The molecule has 1 aromatic rings. The molecule has 0 fully saturated rings. The van der Waals surface area contributed by atoms with Crippen molar-refractivity contribution in [3.05, 3.63) is 35.9 Å². The number of carboxylic acids is 1. The lowest BCUT2D eigenvalue weighted by Gasteiger charge is -2.23. The summed E-state index contributed by atoms with van der Waals surface area (Å²) in [6, 6.07) is 6.90. The topological polar surface area (TPSA) is 69.6 Å². The maximum atomic E-state index is 12.1. The van der Waals surface area contributed by atoms with E-state index >= 15 is 0 Å². The summed E-state index contributed by atoms with van der Waals surface area (Å²) in [5.41, 5.74) is 1.46. The van der Waals surface area contributed by atoms with E-state index in [0.717, 1.165) is 11.6 Å². The van der Waals surface area contributed by atoms with E-state index in [9.17, 15) is 9.59 Å². The molecule has 0 heterocycles. The molecule has 0 spiro atoms. The summed E-state index contributed by atoms with van der Waals surface area (Å²) in [6.07, 6.45) is 2.58. The summed E-state index contributed by atoms with van der Waals surface area (Å²) in [6.45, 7) is 7.45. The Morgan fingerprint density at radius 2 is 1.90 bits per heavy atom. The smallest absolute Gasteiger partial charge is 0.328 e. The summed E-state index contributed by atoms with van der Waals surface area (Å²) in [5, 5.41) is 11.4. The number of benzene rings is 1. The van der Waals surface area contributed by atoms with Crippen molar-refractivity contribution < 1.29 is 14.7 Å². The van der Waals surface area contributed by atoms with E-state index in [4.69, 9.17) is 5.11 Å². The predicted molar refractivity (Wildman–Crippen MR) is 84.2 cm³/mol. The normalized spacial score (nSPS) is 10.9. The zero-order chi connectivity index (χ0) is 15.8. The number of amides is 2. The molecule has 2 amide bonds. The molecule has 1 aromatic carbocycles. The fraction of sp³-hybridized carbons (Fsp3) is 0.375. The first kappa shape index (κ1) is 16.8.